The summed E-state index contributed by atoms with van der Waals surface area (Å²) in [6.45, 7) is 2.28. The number of anilines is 2. The van der Waals surface area contributed by atoms with Crippen molar-refractivity contribution in [2.75, 3.05) is 18.2 Å². The van der Waals surface area contributed by atoms with Gasteiger partial charge in [-0.2, -0.15) is 0 Å². The van der Waals surface area contributed by atoms with Crippen LogP contribution in [0.25, 0.3) is 0 Å². The Balaban J connectivity index is 2.17. The zero-order chi connectivity index (χ0) is 13.8. The Kier molecular flexibility index (Phi) is 4.30. The summed E-state index contributed by atoms with van der Waals surface area (Å²) in [5.41, 5.74) is 7.82. The molecule has 1 aromatic carbocycles. The van der Waals surface area contributed by atoms with Crippen molar-refractivity contribution in [2.24, 2.45) is 5.92 Å². The van der Waals surface area contributed by atoms with Crippen LogP contribution in [0.4, 0.5) is 11.4 Å². The van der Waals surface area contributed by atoms with Crippen molar-refractivity contribution in [3.8, 4) is 0 Å². The van der Waals surface area contributed by atoms with E-state index in [9.17, 15) is 4.79 Å². The van der Waals surface area contributed by atoms with Gasteiger partial charge in [0, 0.05) is 6.04 Å². The molecule has 2 rings (SSSR count). The van der Waals surface area contributed by atoms with Crippen LogP contribution in [0, 0.1) is 5.92 Å². The van der Waals surface area contributed by atoms with Crippen LogP contribution < -0.4 is 11.1 Å². The van der Waals surface area contributed by atoms with Crippen LogP contribution in [-0.4, -0.2) is 19.1 Å². The maximum Gasteiger partial charge on any atom is 0.340 e. The van der Waals surface area contributed by atoms with Gasteiger partial charge in [0.15, 0.2) is 0 Å². The number of ether oxygens (including phenoxy) is 1. The third-order valence-electron chi connectivity index (χ3n) is 3.87. The first-order valence-corrected chi connectivity index (χ1v) is 6.85. The first-order valence-electron chi connectivity index (χ1n) is 6.85. The van der Waals surface area contributed by atoms with E-state index in [4.69, 9.17) is 10.5 Å². The van der Waals surface area contributed by atoms with Crippen LogP contribution >= 0.6 is 0 Å². The molecule has 0 aromatic heterocycles. The van der Waals surface area contributed by atoms with Crippen molar-refractivity contribution in [3.63, 3.8) is 0 Å². The van der Waals surface area contributed by atoms with E-state index < -0.39 is 0 Å². The number of esters is 1. The molecule has 19 heavy (non-hydrogen) atoms. The lowest BCUT2D eigenvalue weighted by Crippen LogP contribution is -2.26. The molecule has 3 N–H and O–H groups in total. The van der Waals surface area contributed by atoms with Crippen molar-refractivity contribution in [1.29, 1.82) is 0 Å². The summed E-state index contributed by atoms with van der Waals surface area (Å²) in [5, 5.41) is 3.43. The summed E-state index contributed by atoms with van der Waals surface area (Å²) in [4.78, 5) is 11.8. The first-order chi connectivity index (χ1) is 9.11. The second-order valence-corrected chi connectivity index (χ2v) is 5.36. The Labute approximate surface area is 114 Å². The Bertz CT molecular complexity index is 451. The minimum atomic E-state index is -0.348. The van der Waals surface area contributed by atoms with E-state index in [1.54, 1.807) is 18.2 Å². The Morgan fingerprint density at radius 2 is 2.00 bits per heavy atom. The topological polar surface area (TPSA) is 64.3 Å². The number of carbonyl (C=O) groups excluding carboxylic acids is 1. The van der Waals surface area contributed by atoms with Gasteiger partial charge in [0.1, 0.15) is 0 Å². The largest absolute Gasteiger partial charge is 0.465 e. The standard InChI is InChI=1S/C15H22N2O2/c1-10-6-8-11(9-7-10)17-14-12(15(18)19-2)4-3-5-13(14)16/h3-5,10-11,17H,6-9,16H2,1-2H3. The molecule has 1 aromatic rings. The van der Waals surface area contributed by atoms with Gasteiger partial charge in [0.2, 0.25) is 0 Å². The molecule has 1 aliphatic rings. The van der Waals surface area contributed by atoms with E-state index in [-0.39, 0.29) is 5.97 Å². The van der Waals surface area contributed by atoms with E-state index in [0.29, 0.717) is 23.0 Å². The van der Waals surface area contributed by atoms with Gasteiger partial charge in [-0.15, -0.1) is 0 Å². The molecule has 0 atom stereocenters. The summed E-state index contributed by atoms with van der Waals surface area (Å²) >= 11 is 0. The normalized spacial score (nSPS) is 22.8. The van der Waals surface area contributed by atoms with Crippen molar-refractivity contribution >= 4 is 17.3 Å². The lowest BCUT2D eigenvalue weighted by Gasteiger charge is -2.28. The predicted molar refractivity (Wildman–Crippen MR) is 77.2 cm³/mol. The van der Waals surface area contributed by atoms with Gasteiger partial charge in [-0.3, -0.25) is 0 Å². The zero-order valence-electron chi connectivity index (χ0n) is 11.6. The van der Waals surface area contributed by atoms with Gasteiger partial charge in [-0.05, 0) is 43.7 Å². The smallest absolute Gasteiger partial charge is 0.340 e. The SMILES string of the molecule is COC(=O)c1cccc(N)c1NC1CCC(C)CC1. The summed E-state index contributed by atoms with van der Waals surface area (Å²) < 4.78 is 4.80. The summed E-state index contributed by atoms with van der Waals surface area (Å²) in [7, 11) is 1.39. The van der Waals surface area contributed by atoms with Crippen LogP contribution in [0.2, 0.25) is 0 Å². The maximum atomic E-state index is 11.8. The summed E-state index contributed by atoms with van der Waals surface area (Å²) in [6, 6.07) is 5.72. The molecule has 0 bridgehead atoms. The van der Waals surface area contributed by atoms with Gasteiger partial charge in [-0.25, -0.2) is 4.79 Å². The second-order valence-electron chi connectivity index (χ2n) is 5.36. The van der Waals surface area contributed by atoms with Crippen LogP contribution in [0.1, 0.15) is 43.0 Å². The van der Waals surface area contributed by atoms with Crippen molar-refractivity contribution in [3.05, 3.63) is 23.8 Å². The van der Waals surface area contributed by atoms with E-state index in [1.165, 1.54) is 20.0 Å². The monoisotopic (exact) mass is 262 g/mol. The molecule has 1 fully saturated rings. The van der Waals surface area contributed by atoms with E-state index in [2.05, 4.69) is 12.2 Å². The number of benzene rings is 1. The Morgan fingerprint density at radius 1 is 1.32 bits per heavy atom. The van der Waals surface area contributed by atoms with Gasteiger partial charge in [0.25, 0.3) is 0 Å². The van der Waals surface area contributed by atoms with Crippen molar-refractivity contribution in [2.45, 2.75) is 38.6 Å². The van der Waals surface area contributed by atoms with Crippen LogP contribution in [0.5, 0.6) is 0 Å². The van der Waals surface area contributed by atoms with Gasteiger partial charge in [-0.1, -0.05) is 13.0 Å². The highest BCUT2D eigenvalue weighted by Crippen LogP contribution is 2.30. The molecule has 104 valence electrons. The Morgan fingerprint density at radius 3 is 2.63 bits per heavy atom. The molecule has 0 unspecified atom stereocenters. The molecule has 0 aliphatic heterocycles. The van der Waals surface area contributed by atoms with Crippen LogP contribution in [0.15, 0.2) is 18.2 Å². The number of methoxy groups -OCH3 is 1. The molecule has 0 saturated heterocycles. The van der Waals surface area contributed by atoms with E-state index >= 15 is 0 Å². The van der Waals surface area contributed by atoms with Gasteiger partial charge >= 0.3 is 5.97 Å². The molecule has 0 spiro atoms. The molecule has 4 nitrogen and oxygen atoms in total. The van der Waals surface area contributed by atoms with Crippen molar-refractivity contribution in [1.82, 2.24) is 0 Å². The zero-order valence-corrected chi connectivity index (χ0v) is 11.6. The number of nitrogens with two attached hydrogens (primary N) is 1. The molecular weight excluding hydrogens is 240 g/mol. The maximum absolute atomic E-state index is 11.8. The lowest BCUT2D eigenvalue weighted by atomic mass is 9.87. The number of carbonyl (C=O) groups is 1. The van der Waals surface area contributed by atoms with Crippen LogP contribution in [0.3, 0.4) is 0 Å². The first kappa shape index (κ1) is 13.7. The number of nitrogen functional groups attached to an aromatic ring is 1. The van der Waals surface area contributed by atoms with E-state index in [1.807, 2.05) is 0 Å². The number of nitrogens with one attached hydrogen (secondary N) is 1. The summed E-state index contributed by atoms with van der Waals surface area (Å²) in [5.74, 6) is 0.449. The fourth-order valence-electron chi connectivity index (χ4n) is 2.62. The molecule has 1 saturated carbocycles. The molecular formula is C15H22N2O2. The molecule has 0 radical (unpaired) electrons. The number of para-hydroxylation sites is 1. The Hall–Kier alpha value is -1.71. The minimum absolute atomic E-state index is 0.348. The second kappa shape index (κ2) is 5.95. The average molecular weight is 262 g/mol. The number of hydrogen-bond donors (Lipinski definition) is 2. The number of hydrogen-bond acceptors (Lipinski definition) is 4. The fraction of sp³-hybridized carbons (Fsp3) is 0.533. The van der Waals surface area contributed by atoms with Crippen LogP contribution in [-0.2, 0) is 4.74 Å². The molecule has 4 heteroatoms. The lowest BCUT2D eigenvalue weighted by molar-refractivity contribution is 0.0602. The highest BCUT2D eigenvalue weighted by atomic mass is 16.5. The third-order valence-corrected chi connectivity index (χ3v) is 3.87. The highest BCUT2D eigenvalue weighted by Gasteiger charge is 2.21. The van der Waals surface area contributed by atoms with Gasteiger partial charge in [0.05, 0.1) is 24.0 Å². The minimum Gasteiger partial charge on any atom is -0.465 e. The quantitative estimate of drug-likeness (QED) is 0.649. The number of rotatable bonds is 3. The fourth-order valence-corrected chi connectivity index (χ4v) is 2.62. The summed E-state index contributed by atoms with van der Waals surface area (Å²) in [6.07, 6.45) is 4.68. The molecule has 1 aliphatic carbocycles. The van der Waals surface area contributed by atoms with Crippen molar-refractivity contribution < 1.29 is 9.53 Å². The average Bonchev–Trinajstić information content (AvgIpc) is 2.42. The molecule has 0 heterocycles. The molecule has 0 amide bonds. The van der Waals surface area contributed by atoms with E-state index in [0.717, 1.165) is 18.8 Å². The predicted octanol–water partition coefficient (Wildman–Crippen LogP) is 3.05. The third kappa shape index (κ3) is 3.19. The van der Waals surface area contributed by atoms with Gasteiger partial charge < -0.3 is 15.8 Å². The highest BCUT2D eigenvalue weighted by molar-refractivity contribution is 5.98.